The number of nitrogens with zero attached hydrogens (tertiary/aromatic N) is 2. The van der Waals surface area contributed by atoms with E-state index in [-0.39, 0.29) is 0 Å². The molecule has 5 heteroatoms. The van der Waals surface area contributed by atoms with Crippen molar-refractivity contribution in [3.63, 3.8) is 0 Å². The Morgan fingerprint density at radius 3 is 1.29 bits per heavy atom. The van der Waals surface area contributed by atoms with Crippen molar-refractivity contribution in [2.75, 3.05) is 40.5 Å². The first-order chi connectivity index (χ1) is 17.1. The van der Waals surface area contributed by atoms with Gasteiger partial charge >= 0.3 is 0 Å². The third kappa shape index (κ3) is 8.88. The van der Waals surface area contributed by atoms with Crippen LogP contribution in [0.4, 0.5) is 0 Å². The van der Waals surface area contributed by atoms with E-state index < -0.39 is 0 Å². The molecule has 0 unspecified atom stereocenters. The Morgan fingerprint density at radius 2 is 0.829 bits per heavy atom. The zero-order chi connectivity index (χ0) is 24.3. The zero-order valence-electron chi connectivity index (χ0n) is 21.1. The fraction of sp³-hybridized carbons (Fsp3) is 0.400. The Balaban J connectivity index is 1.41. The lowest BCUT2D eigenvalue weighted by Crippen LogP contribution is -2.19. The quantitative estimate of drug-likeness (QED) is 0.457. The molecule has 0 saturated carbocycles. The Hall–Kier alpha value is -2.54. The van der Waals surface area contributed by atoms with Crippen molar-refractivity contribution in [2.45, 2.75) is 39.4 Å². The number of benzene rings is 3. The molecule has 186 valence electrons. The molecule has 35 heavy (non-hydrogen) atoms. The van der Waals surface area contributed by atoms with E-state index in [1.165, 1.54) is 33.4 Å². The van der Waals surface area contributed by atoms with Gasteiger partial charge in [-0.05, 0) is 47.5 Å². The van der Waals surface area contributed by atoms with Crippen molar-refractivity contribution >= 4 is 0 Å². The molecule has 0 fully saturated rings. The second-order valence-corrected chi connectivity index (χ2v) is 9.52. The number of rotatable bonds is 0. The third-order valence-corrected chi connectivity index (χ3v) is 6.13. The number of hydrogen-bond donors (Lipinski definition) is 0. The second kappa shape index (κ2) is 13.5. The van der Waals surface area contributed by atoms with Crippen molar-refractivity contribution in [1.82, 2.24) is 9.80 Å². The molecule has 3 aromatic rings. The van der Waals surface area contributed by atoms with E-state index >= 15 is 0 Å². The van der Waals surface area contributed by atoms with Crippen molar-refractivity contribution < 1.29 is 14.2 Å². The van der Waals surface area contributed by atoms with Gasteiger partial charge < -0.3 is 14.2 Å². The van der Waals surface area contributed by atoms with Crippen LogP contribution in [0.25, 0.3) is 0 Å². The Kier molecular flexibility index (Phi) is 9.87. The van der Waals surface area contributed by atoms with Crippen molar-refractivity contribution in [1.29, 1.82) is 0 Å². The van der Waals surface area contributed by atoms with Gasteiger partial charge in [0.05, 0.1) is 39.6 Å². The first-order valence-electron chi connectivity index (χ1n) is 12.5. The van der Waals surface area contributed by atoms with Crippen LogP contribution in [-0.4, -0.2) is 50.3 Å². The van der Waals surface area contributed by atoms with Crippen LogP contribution in [0.1, 0.15) is 33.4 Å². The molecule has 0 aromatic heterocycles. The van der Waals surface area contributed by atoms with Crippen LogP contribution in [0.2, 0.25) is 0 Å². The van der Waals surface area contributed by atoms with E-state index in [2.05, 4.69) is 96.7 Å². The van der Waals surface area contributed by atoms with Crippen molar-refractivity contribution in [2.24, 2.45) is 0 Å². The first-order valence-corrected chi connectivity index (χ1v) is 12.5. The predicted octanol–water partition coefficient (Wildman–Crippen LogP) is 5.01. The highest BCUT2D eigenvalue weighted by atomic mass is 16.5. The van der Waals surface area contributed by atoms with E-state index in [0.29, 0.717) is 39.6 Å². The van der Waals surface area contributed by atoms with Gasteiger partial charge in [-0.1, -0.05) is 72.8 Å². The maximum absolute atomic E-state index is 5.76. The average molecular weight is 475 g/mol. The highest BCUT2D eigenvalue weighted by Crippen LogP contribution is 2.15. The predicted molar refractivity (Wildman–Crippen MR) is 140 cm³/mol. The first kappa shape index (κ1) is 25.5. The highest BCUT2D eigenvalue weighted by molar-refractivity contribution is 5.26. The summed E-state index contributed by atoms with van der Waals surface area (Å²) in [5, 5.41) is 0. The average Bonchev–Trinajstić information content (AvgIpc) is 2.84. The van der Waals surface area contributed by atoms with Gasteiger partial charge in [-0.15, -0.1) is 0 Å². The van der Waals surface area contributed by atoms with Crippen LogP contribution < -0.4 is 0 Å². The second-order valence-electron chi connectivity index (χ2n) is 9.52. The summed E-state index contributed by atoms with van der Waals surface area (Å²) in [4.78, 5) is 4.72. The van der Waals surface area contributed by atoms with E-state index in [0.717, 1.165) is 26.2 Å². The third-order valence-electron chi connectivity index (χ3n) is 6.13. The van der Waals surface area contributed by atoms with Gasteiger partial charge in [0.25, 0.3) is 0 Å². The summed E-state index contributed by atoms with van der Waals surface area (Å²) in [6, 6.07) is 26.4. The lowest BCUT2D eigenvalue weighted by Gasteiger charge is -2.20. The van der Waals surface area contributed by atoms with E-state index in [9.17, 15) is 0 Å². The summed E-state index contributed by atoms with van der Waals surface area (Å²) >= 11 is 0. The van der Waals surface area contributed by atoms with Crippen LogP contribution >= 0.6 is 0 Å². The monoisotopic (exact) mass is 474 g/mol. The van der Waals surface area contributed by atoms with Gasteiger partial charge in [-0.3, -0.25) is 9.80 Å². The molecule has 4 heterocycles. The van der Waals surface area contributed by atoms with Gasteiger partial charge in [-0.25, -0.2) is 0 Å². The molecule has 4 aliphatic heterocycles. The Bertz CT molecular complexity index is 942. The zero-order valence-corrected chi connectivity index (χ0v) is 21.1. The summed E-state index contributed by atoms with van der Waals surface area (Å²) in [6.45, 7) is 7.21. The minimum Gasteiger partial charge on any atom is -0.377 e. The maximum Gasteiger partial charge on any atom is 0.0718 e. The minimum atomic E-state index is 0.579. The lowest BCUT2D eigenvalue weighted by molar-refractivity contribution is 0.00704. The van der Waals surface area contributed by atoms with Crippen LogP contribution in [0.3, 0.4) is 0 Å². The number of ether oxygens (including phenoxy) is 3. The molecule has 0 aliphatic carbocycles. The van der Waals surface area contributed by atoms with Gasteiger partial charge in [0, 0.05) is 26.2 Å². The summed E-state index contributed by atoms with van der Waals surface area (Å²) in [5.41, 5.74) is 7.67. The molecular weight excluding hydrogens is 436 g/mol. The standard InChI is InChI=1S/C30H38N2O3/c1-31-19-25-6-10-27(11-7-25)23-34-16-14-33-15-17-35-24-28-12-8-26(9-13-28)20-32(2)22-30-5-3-4-29(18-30)21-31/h3-13,18H,14-17,19-24H2,1-2H3. The normalized spacial score (nSPS) is 18.0. The van der Waals surface area contributed by atoms with Crippen LogP contribution in [0.5, 0.6) is 0 Å². The van der Waals surface area contributed by atoms with E-state index in [1.54, 1.807) is 0 Å². The van der Waals surface area contributed by atoms with Crippen LogP contribution in [0, 0.1) is 0 Å². The molecule has 6 bridgehead atoms. The van der Waals surface area contributed by atoms with Gasteiger partial charge in [0.1, 0.15) is 0 Å². The summed E-state index contributed by atoms with van der Waals surface area (Å²) in [7, 11) is 4.36. The SMILES string of the molecule is CN1Cc2ccc(cc2)COCCOCCOCc2ccc(cc2)CN(C)Cc2cccc(c2)C1. The largest absolute Gasteiger partial charge is 0.377 e. The molecule has 7 rings (SSSR count). The molecular formula is C30H38N2O3. The van der Waals surface area contributed by atoms with E-state index in [1.807, 2.05) is 0 Å². The molecule has 0 saturated heterocycles. The summed E-state index contributed by atoms with van der Waals surface area (Å²) in [5.74, 6) is 0. The smallest absolute Gasteiger partial charge is 0.0718 e. The summed E-state index contributed by atoms with van der Waals surface area (Å²) < 4.78 is 17.2. The molecule has 0 radical (unpaired) electrons. The van der Waals surface area contributed by atoms with Crippen LogP contribution in [-0.2, 0) is 53.6 Å². The molecule has 0 atom stereocenters. The van der Waals surface area contributed by atoms with Crippen molar-refractivity contribution in [3.05, 3.63) is 106 Å². The lowest BCUT2D eigenvalue weighted by atomic mass is 10.1. The highest BCUT2D eigenvalue weighted by Gasteiger charge is 2.07. The van der Waals surface area contributed by atoms with Gasteiger partial charge in [0.2, 0.25) is 0 Å². The maximum atomic E-state index is 5.76. The molecule has 4 aliphatic rings. The number of hydrogen-bond acceptors (Lipinski definition) is 5. The summed E-state index contributed by atoms with van der Waals surface area (Å²) in [6.07, 6.45) is 0. The fourth-order valence-electron chi connectivity index (χ4n) is 4.38. The van der Waals surface area contributed by atoms with Gasteiger partial charge in [0.15, 0.2) is 0 Å². The Labute approximate surface area is 210 Å². The fourth-order valence-corrected chi connectivity index (χ4v) is 4.38. The molecule has 3 aromatic carbocycles. The van der Waals surface area contributed by atoms with Gasteiger partial charge in [-0.2, -0.15) is 0 Å². The minimum absolute atomic E-state index is 0.579. The molecule has 0 amide bonds. The molecule has 0 N–H and O–H groups in total. The Morgan fingerprint density at radius 1 is 0.457 bits per heavy atom. The topological polar surface area (TPSA) is 34.2 Å². The molecule has 0 spiro atoms. The van der Waals surface area contributed by atoms with E-state index in [4.69, 9.17) is 14.2 Å². The van der Waals surface area contributed by atoms with Crippen molar-refractivity contribution in [3.8, 4) is 0 Å². The van der Waals surface area contributed by atoms with Crippen LogP contribution in [0.15, 0.2) is 72.8 Å². The molecule has 5 nitrogen and oxygen atoms in total.